The zero-order chi connectivity index (χ0) is 37.9. The molecular weight excluding hydrogens is 649 g/mol. The van der Waals surface area contributed by atoms with Gasteiger partial charge in [-0.3, -0.25) is 9.59 Å². The number of carbonyl (C=O) groups excluding carboxylic acids is 3. The van der Waals surface area contributed by atoms with Gasteiger partial charge in [-0.2, -0.15) is 0 Å². The quantitative estimate of drug-likeness (QED) is 0.0471. The van der Waals surface area contributed by atoms with Gasteiger partial charge in [0.15, 0.2) is 0 Å². The lowest BCUT2D eigenvalue weighted by molar-refractivity contribution is -0.147. The maximum absolute atomic E-state index is 13.3. The summed E-state index contributed by atoms with van der Waals surface area (Å²) in [6, 6.07) is 5.51. The lowest BCUT2D eigenvalue weighted by Crippen LogP contribution is -2.46. The van der Waals surface area contributed by atoms with E-state index in [1.165, 1.54) is 141 Å². The first-order valence-corrected chi connectivity index (χ1v) is 21.9. The predicted octanol–water partition coefficient (Wildman–Crippen LogP) is 11.8. The first-order valence-electron chi connectivity index (χ1n) is 21.9. The van der Waals surface area contributed by atoms with Crippen LogP contribution in [0.4, 0.5) is 0 Å². The van der Waals surface area contributed by atoms with E-state index in [4.69, 9.17) is 4.74 Å². The van der Waals surface area contributed by atoms with Crippen LogP contribution in [0, 0.1) is 0 Å². The average Bonchev–Trinajstić information content (AvgIpc) is 3.12. The molecule has 52 heavy (non-hydrogen) atoms. The number of benzene rings is 1. The molecule has 0 heterocycles. The van der Waals surface area contributed by atoms with Gasteiger partial charge >= 0.3 is 5.97 Å². The second kappa shape index (κ2) is 34.2. The van der Waals surface area contributed by atoms with Crippen molar-refractivity contribution in [1.82, 2.24) is 10.6 Å². The fourth-order valence-electron chi connectivity index (χ4n) is 7.02. The second-order valence-electron chi connectivity index (χ2n) is 15.2. The van der Waals surface area contributed by atoms with Crippen LogP contribution in [-0.4, -0.2) is 41.6 Å². The lowest BCUT2D eigenvalue weighted by atomic mass is 10.0. The number of carbonyl (C=O) groups is 3. The number of rotatable bonds is 36. The number of hydrogen-bond acceptors (Lipinski definition) is 5. The molecule has 0 bridgehead atoms. The molecule has 0 spiro atoms. The number of aromatic hydroxyl groups is 1. The summed E-state index contributed by atoms with van der Waals surface area (Å²) in [6.45, 7) is 6.49. The standard InChI is InChI=1S/C45H80N2O5/c1-4-7-9-11-13-15-17-19-21-23-25-27-29-31-40(46-43(49)32-30-28-26-24-22-20-18-16-14-12-10-8-5-2)38-44(50)47-42(45(51)52-6-3)37-39-33-35-41(48)36-34-39/h33-36,40,42,48H,4-32,37-38H2,1-3H3,(H,46,49)(H,47,50)/t40?,42-/m0/s1. The largest absolute Gasteiger partial charge is 0.508 e. The van der Waals surface area contributed by atoms with E-state index >= 15 is 0 Å². The highest BCUT2D eigenvalue weighted by atomic mass is 16.5. The Bertz CT molecular complexity index is 998. The molecule has 0 radical (unpaired) electrons. The summed E-state index contributed by atoms with van der Waals surface area (Å²) in [5.41, 5.74) is 0.811. The average molecular weight is 729 g/mol. The highest BCUT2D eigenvalue weighted by Gasteiger charge is 2.25. The number of unbranched alkanes of at least 4 members (excludes halogenated alkanes) is 24. The molecule has 7 heteroatoms. The Hall–Kier alpha value is -2.57. The molecule has 3 N–H and O–H groups in total. The van der Waals surface area contributed by atoms with Gasteiger partial charge in [0.1, 0.15) is 11.8 Å². The first-order chi connectivity index (χ1) is 25.4. The number of phenols is 1. The van der Waals surface area contributed by atoms with E-state index in [9.17, 15) is 19.5 Å². The summed E-state index contributed by atoms with van der Waals surface area (Å²) >= 11 is 0. The molecule has 0 fully saturated rings. The number of nitrogens with one attached hydrogen (secondary N) is 2. The van der Waals surface area contributed by atoms with Crippen LogP contribution in [0.3, 0.4) is 0 Å². The summed E-state index contributed by atoms with van der Waals surface area (Å²) in [6.07, 6.45) is 34.7. The van der Waals surface area contributed by atoms with Crippen molar-refractivity contribution in [2.45, 2.75) is 225 Å². The molecule has 2 amide bonds. The van der Waals surface area contributed by atoms with Crippen molar-refractivity contribution in [3.8, 4) is 5.75 Å². The summed E-state index contributed by atoms with van der Waals surface area (Å²) in [4.78, 5) is 39.1. The third-order valence-corrected chi connectivity index (χ3v) is 10.2. The minimum absolute atomic E-state index is 0.0154. The Morgan fingerprint density at radius 2 is 0.981 bits per heavy atom. The number of phenolic OH excluding ortho intramolecular Hbond substituents is 1. The van der Waals surface area contributed by atoms with Gasteiger partial charge in [0.05, 0.1) is 6.61 Å². The van der Waals surface area contributed by atoms with Crippen LogP contribution in [-0.2, 0) is 25.5 Å². The third kappa shape index (κ3) is 28.0. The minimum Gasteiger partial charge on any atom is -0.508 e. The van der Waals surface area contributed by atoms with Crippen LogP contribution in [0.1, 0.15) is 213 Å². The zero-order valence-corrected chi connectivity index (χ0v) is 34.0. The van der Waals surface area contributed by atoms with Crippen molar-refractivity contribution in [2.24, 2.45) is 0 Å². The Morgan fingerprint density at radius 1 is 0.558 bits per heavy atom. The summed E-state index contributed by atoms with van der Waals surface area (Å²) in [5.74, 6) is -0.589. The summed E-state index contributed by atoms with van der Waals surface area (Å²) in [7, 11) is 0. The predicted molar refractivity (Wildman–Crippen MR) is 218 cm³/mol. The topological polar surface area (TPSA) is 105 Å². The second-order valence-corrected chi connectivity index (χ2v) is 15.2. The molecule has 1 rings (SSSR count). The summed E-state index contributed by atoms with van der Waals surface area (Å²) in [5, 5.41) is 15.7. The molecule has 0 aliphatic rings. The smallest absolute Gasteiger partial charge is 0.328 e. The van der Waals surface area contributed by atoms with Gasteiger partial charge < -0.3 is 20.5 Å². The van der Waals surface area contributed by atoms with Crippen molar-refractivity contribution >= 4 is 17.8 Å². The van der Waals surface area contributed by atoms with Gasteiger partial charge in [-0.1, -0.05) is 187 Å². The molecular formula is C45H80N2O5. The maximum atomic E-state index is 13.3. The maximum Gasteiger partial charge on any atom is 0.328 e. The molecule has 0 aliphatic heterocycles. The van der Waals surface area contributed by atoms with E-state index < -0.39 is 12.0 Å². The van der Waals surface area contributed by atoms with Crippen LogP contribution in [0.2, 0.25) is 0 Å². The molecule has 300 valence electrons. The highest BCUT2D eigenvalue weighted by molar-refractivity contribution is 5.85. The molecule has 2 atom stereocenters. The Morgan fingerprint density at radius 3 is 1.42 bits per heavy atom. The van der Waals surface area contributed by atoms with E-state index in [1.54, 1.807) is 31.2 Å². The fourth-order valence-corrected chi connectivity index (χ4v) is 7.02. The lowest BCUT2D eigenvalue weighted by Gasteiger charge is -2.22. The van der Waals surface area contributed by atoms with Crippen molar-refractivity contribution in [2.75, 3.05) is 6.61 Å². The monoisotopic (exact) mass is 729 g/mol. The van der Waals surface area contributed by atoms with Gasteiger partial charge in [0, 0.05) is 25.3 Å². The molecule has 7 nitrogen and oxygen atoms in total. The fraction of sp³-hybridized carbons (Fsp3) is 0.800. The molecule has 0 aliphatic carbocycles. The van der Waals surface area contributed by atoms with Crippen LogP contribution in [0.25, 0.3) is 0 Å². The molecule has 0 saturated carbocycles. The van der Waals surface area contributed by atoms with Crippen molar-refractivity contribution in [1.29, 1.82) is 0 Å². The van der Waals surface area contributed by atoms with Crippen LogP contribution in [0.15, 0.2) is 24.3 Å². The van der Waals surface area contributed by atoms with Crippen LogP contribution in [0.5, 0.6) is 5.75 Å². The highest BCUT2D eigenvalue weighted by Crippen LogP contribution is 2.17. The molecule has 1 aromatic carbocycles. The van der Waals surface area contributed by atoms with E-state index in [2.05, 4.69) is 24.5 Å². The number of amides is 2. The molecule has 1 unspecified atom stereocenters. The number of hydrogen-bond donors (Lipinski definition) is 3. The first kappa shape index (κ1) is 47.5. The van der Waals surface area contributed by atoms with Crippen molar-refractivity contribution in [3.05, 3.63) is 29.8 Å². The van der Waals surface area contributed by atoms with E-state index in [-0.39, 0.29) is 43.1 Å². The minimum atomic E-state index is -0.838. The normalized spacial score (nSPS) is 12.4. The van der Waals surface area contributed by atoms with E-state index in [1.807, 2.05) is 0 Å². The van der Waals surface area contributed by atoms with Gasteiger partial charge in [0.2, 0.25) is 11.8 Å². The number of esters is 1. The SMILES string of the molecule is CCCCCCCCCCCCCCCC(=O)NC(CCCCCCCCCCCCCCC)CC(=O)N[C@@H](Cc1ccc(O)cc1)C(=O)OCC. The Kier molecular flexibility index (Phi) is 31.2. The molecule has 0 aromatic heterocycles. The zero-order valence-electron chi connectivity index (χ0n) is 34.0. The van der Waals surface area contributed by atoms with Crippen LogP contribution >= 0.6 is 0 Å². The van der Waals surface area contributed by atoms with E-state index in [0.29, 0.717) is 6.42 Å². The van der Waals surface area contributed by atoms with Crippen LogP contribution < -0.4 is 10.6 Å². The van der Waals surface area contributed by atoms with Gasteiger partial charge in [-0.25, -0.2) is 4.79 Å². The van der Waals surface area contributed by atoms with Gasteiger partial charge in [-0.15, -0.1) is 0 Å². The van der Waals surface area contributed by atoms with Crippen molar-refractivity contribution in [3.63, 3.8) is 0 Å². The Labute approximate surface area is 319 Å². The van der Waals surface area contributed by atoms with E-state index in [0.717, 1.165) is 37.7 Å². The van der Waals surface area contributed by atoms with Gasteiger partial charge in [0.25, 0.3) is 0 Å². The number of ether oxygens (including phenoxy) is 1. The third-order valence-electron chi connectivity index (χ3n) is 10.2. The molecule has 0 saturated heterocycles. The summed E-state index contributed by atoms with van der Waals surface area (Å²) < 4.78 is 5.26. The van der Waals surface area contributed by atoms with Gasteiger partial charge in [-0.05, 0) is 37.5 Å². The molecule has 1 aromatic rings. The van der Waals surface area contributed by atoms with Crippen molar-refractivity contribution < 1.29 is 24.2 Å². The Balaban J connectivity index is 2.50.